The number of hydrogen-bond acceptors (Lipinski definition) is 4. The Morgan fingerprint density at radius 1 is 1.04 bits per heavy atom. The van der Waals surface area contributed by atoms with Gasteiger partial charge < -0.3 is 20.1 Å². The molecule has 0 heterocycles. The van der Waals surface area contributed by atoms with Crippen LogP contribution in [0.4, 0.5) is 0 Å². The predicted octanol–water partition coefficient (Wildman–Crippen LogP) is 2.89. The Hall–Kier alpha value is -1.76. The molecule has 0 atom stereocenters. The van der Waals surface area contributed by atoms with Crippen LogP contribution >= 0.6 is 15.9 Å². The van der Waals surface area contributed by atoms with Gasteiger partial charge in [-0.15, -0.1) is 0 Å². The summed E-state index contributed by atoms with van der Waals surface area (Å²) in [4.78, 5) is 24.3. The first-order valence-corrected chi connectivity index (χ1v) is 9.33. The second kappa shape index (κ2) is 9.65. The lowest BCUT2D eigenvalue weighted by Crippen LogP contribution is -2.38. The van der Waals surface area contributed by atoms with Gasteiger partial charge in [0.05, 0.1) is 14.2 Å². The highest BCUT2D eigenvalue weighted by atomic mass is 79.9. The molecule has 1 aromatic carbocycles. The minimum Gasteiger partial charge on any atom is -0.495 e. The molecule has 1 aliphatic rings. The summed E-state index contributed by atoms with van der Waals surface area (Å²) in [6.45, 7) is 0.795. The van der Waals surface area contributed by atoms with Crippen LogP contribution in [-0.2, 0) is 4.79 Å². The summed E-state index contributed by atoms with van der Waals surface area (Å²) in [6.07, 6.45) is 5.41. The smallest absolute Gasteiger partial charge is 0.251 e. The topological polar surface area (TPSA) is 76.7 Å². The van der Waals surface area contributed by atoms with Crippen molar-refractivity contribution in [2.45, 2.75) is 32.1 Å². The quantitative estimate of drug-likeness (QED) is 0.674. The molecule has 7 heteroatoms. The molecule has 1 aromatic rings. The molecule has 2 N–H and O–H groups in total. The van der Waals surface area contributed by atoms with Gasteiger partial charge in [0, 0.05) is 24.6 Å². The van der Waals surface area contributed by atoms with Gasteiger partial charge in [-0.2, -0.15) is 0 Å². The van der Waals surface area contributed by atoms with Gasteiger partial charge >= 0.3 is 0 Å². The van der Waals surface area contributed by atoms with E-state index in [-0.39, 0.29) is 17.7 Å². The summed E-state index contributed by atoms with van der Waals surface area (Å²) in [5.74, 6) is 1.03. The fraction of sp³-hybridized carbons (Fsp3) is 0.556. The van der Waals surface area contributed by atoms with Crippen LogP contribution in [0.3, 0.4) is 0 Å². The van der Waals surface area contributed by atoms with E-state index in [1.165, 1.54) is 20.6 Å². The van der Waals surface area contributed by atoms with Crippen molar-refractivity contribution in [1.82, 2.24) is 10.6 Å². The lowest BCUT2D eigenvalue weighted by molar-refractivity contribution is -0.125. The molecule has 1 fully saturated rings. The van der Waals surface area contributed by atoms with Gasteiger partial charge in [-0.05, 0) is 40.9 Å². The molecule has 0 bridgehead atoms. The average molecular weight is 413 g/mol. The van der Waals surface area contributed by atoms with E-state index in [2.05, 4.69) is 26.6 Å². The summed E-state index contributed by atoms with van der Waals surface area (Å²) in [5.41, 5.74) is 0.440. The number of nitrogens with one attached hydrogen (secondary N) is 2. The molecule has 6 nitrogen and oxygen atoms in total. The van der Waals surface area contributed by atoms with E-state index in [0.29, 0.717) is 34.6 Å². The number of ether oxygens (including phenoxy) is 2. The third-order valence-electron chi connectivity index (χ3n) is 4.39. The van der Waals surface area contributed by atoms with Crippen molar-refractivity contribution < 1.29 is 19.1 Å². The lowest BCUT2D eigenvalue weighted by atomic mass is 9.89. The van der Waals surface area contributed by atoms with E-state index in [1.807, 2.05) is 0 Å². The van der Waals surface area contributed by atoms with Crippen molar-refractivity contribution in [1.29, 1.82) is 0 Å². The molecule has 0 saturated heterocycles. The van der Waals surface area contributed by atoms with Crippen LogP contribution in [0.2, 0.25) is 0 Å². The molecule has 2 amide bonds. The van der Waals surface area contributed by atoms with Crippen LogP contribution in [0.15, 0.2) is 16.6 Å². The minimum absolute atomic E-state index is 0.0981. The number of carbonyl (C=O) groups is 2. The van der Waals surface area contributed by atoms with Crippen molar-refractivity contribution >= 4 is 27.7 Å². The molecule has 0 radical (unpaired) electrons. The van der Waals surface area contributed by atoms with Crippen LogP contribution in [0, 0.1) is 5.92 Å². The Balaban J connectivity index is 1.83. The van der Waals surface area contributed by atoms with E-state index in [4.69, 9.17) is 9.47 Å². The maximum Gasteiger partial charge on any atom is 0.251 e. The van der Waals surface area contributed by atoms with E-state index in [9.17, 15) is 9.59 Å². The first-order chi connectivity index (χ1) is 12.1. The van der Waals surface area contributed by atoms with Crippen molar-refractivity contribution in [3.8, 4) is 11.5 Å². The second-order valence-corrected chi connectivity index (χ2v) is 6.87. The average Bonchev–Trinajstić information content (AvgIpc) is 2.65. The number of methoxy groups -OCH3 is 2. The van der Waals surface area contributed by atoms with Crippen LogP contribution in [0.5, 0.6) is 11.5 Å². The molecule has 0 aromatic heterocycles. The van der Waals surface area contributed by atoms with Crippen LogP contribution in [0.25, 0.3) is 0 Å². The van der Waals surface area contributed by atoms with Crippen molar-refractivity contribution in [3.63, 3.8) is 0 Å². The van der Waals surface area contributed by atoms with Gasteiger partial charge in [0.2, 0.25) is 5.91 Å². The zero-order valence-corrected chi connectivity index (χ0v) is 16.3. The standard InChI is InChI=1S/C18H25BrN2O4/c1-24-14-10-13(11-15(25-2)16(14)19)18(23)21-9-8-20-17(22)12-6-4-3-5-7-12/h10-12H,3-9H2,1-2H3,(H,20,22)(H,21,23). The van der Waals surface area contributed by atoms with Crippen molar-refractivity contribution in [2.75, 3.05) is 27.3 Å². The van der Waals surface area contributed by atoms with Gasteiger partial charge in [-0.25, -0.2) is 0 Å². The molecule has 138 valence electrons. The fourth-order valence-corrected chi connectivity index (χ4v) is 3.53. The Kier molecular flexibility index (Phi) is 7.55. The summed E-state index contributed by atoms with van der Waals surface area (Å²) < 4.78 is 11.1. The SMILES string of the molecule is COc1cc(C(=O)NCCNC(=O)C2CCCCC2)cc(OC)c1Br. The maximum absolute atomic E-state index is 12.3. The fourth-order valence-electron chi connectivity index (χ4n) is 2.97. The highest BCUT2D eigenvalue weighted by Crippen LogP contribution is 2.35. The third-order valence-corrected chi connectivity index (χ3v) is 5.18. The first-order valence-electron chi connectivity index (χ1n) is 8.54. The molecule has 25 heavy (non-hydrogen) atoms. The van der Waals surface area contributed by atoms with E-state index >= 15 is 0 Å². The van der Waals surface area contributed by atoms with Crippen molar-refractivity contribution in [2.24, 2.45) is 5.92 Å². The number of carbonyl (C=O) groups excluding carboxylic acids is 2. The molecule has 2 rings (SSSR count). The Morgan fingerprint density at radius 3 is 2.16 bits per heavy atom. The van der Waals surface area contributed by atoms with Gasteiger partial charge in [0.1, 0.15) is 16.0 Å². The zero-order valence-electron chi connectivity index (χ0n) is 14.7. The molecule has 0 spiro atoms. The summed E-state index contributed by atoms with van der Waals surface area (Å²) in [7, 11) is 3.06. The Morgan fingerprint density at radius 2 is 1.60 bits per heavy atom. The molecule has 0 aliphatic heterocycles. The normalized spacial score (nSPS) is 14.7. The predicted molar refractivity (Wildman–Crippen MR) is 99.2 cm³/mol. The van der Waals surface area contributed by atoms with E-state index < -0.39 is 0 Å². The number of rotatable bonds is 7. The summed E-state index contributed by atoms with van der Waals surface area (Å²) in [6, 6.07) is 3.28. The Bertz CT molecular complexity index is 590. The zero-order chi connectivity index (χ0) is 18.2. The van der Waals surface area contributed by atoms with Crippen molar-refractivity contribution in [3.05, 3.63) is 22.2 Å². The maximum atomic E-state index is 12.3. The van der Waals surface area contributed by atoms with E-state index in [0.717, 1.165) is 25.7 Å². The van der Waals surface area contributed by atoms with Gasteiger partial charge in [-0.3, -0.25) is 9.59 Å². The first kappa shape index (κ1) is 19.6. The minimum atomic E-state index is -0.240. The van der Waals surface area contributed by atoms with Gasteiger partial charge in [0.25, 0.3) is 5.91 Å². The lowest BCUT2D eigenvalue weighted by Gasteiger charge is -2.20. The largest absolute Gasteiger partial charge is 0.495 e. The number of amides is 2. The van der Waals surface area contributed by atoms with Crippen LogP contribution in [0.1, 0.15) is 42.5 Å². The monoisotopic (exact) mass is 412 g/mol. The number of halogens is 1. The second-order valence-electron chi connectivity index (χ2n) is 6.08. The summed E-state index contributed by atoms with van der Waals surface area (Å²) >= 11 is 3.37. The van der Waals surface area contributed by atoms with Gasteiger partial charge in [0.15, 0.2) is 0 Å². The Labute approximate surface area is 156 Å². The number of hydrogen-bond donors (Lipinski definition) is 2. The van der Waals surface area contributed by atoms with Gasteiger partial charge in [-0.1, -0.05) is 19.3 Å². The van der Waals surface area contributed by atoms with Crippen LogP contribution in [-0.4, -0.2) is 39.1 Å². The van der Waals surface area contributed by atoms with E-state index in [1.54, 1.807) is 12.1 Å². The highest BCUT2D eigenvalue weighted by molar-refractivity contribution is 9.10. The highest BCUT2D eigenvalue weighted by Gasteiger charge is 2.20. The molecular formula is C18H25BrN2O4. The molecule has 1 saturated carbocycles. The summed E-state index contributed by atoms with van der Waals surface area (Å²) in [5, 5.41) is 5.70. The number of benzene rings is 1. The molecule has 0 unspecified atom stereocenters. The third kappa shape index (κ3) is 5.36. The molecular weight excluding hydrogens is 388 g/mol. The molecule has 1 aliphatic carbocycles. The van der Waals surface area contributed by atoms with Crippen LogP contribution < -0.4 is 20.1 Å².